The van der Waals surface area contributed by atoms with E-state index in [1.807, 2.05) is 0 Å². The summed E-state index contributed by atoms with van der Waals surface area (Å²) in [5.41, 5.74) is 4.39. The smallest absolute Gasteiger partial charge is 0.0117 e. The Balaban J connectivity index is 0. The molecule has 23 heavy (non-hydrogen) atoms. The molecule has 0 fully saturated rings. The Kier molecular flexibility index (Phi) is 11.0. The molecule has 0 bridgehead atoms. The van der Waals surface area contributed by atoms with Gasteiger partial charge >= 0.3 is 0 Å². The summed E-state index contributed by atoms with van der Waals surface area (Å²) in [6, 6.07) is 0. The van der Waals surface area contributed by atoms with E-state index in [9.17, 15) is 0 Å². The molecule has 130 valence electrons. The molecule has 2 aliphatic rings. The summed E-state index contributed by atoms with van der Waals surface area (Å²) in [6.07, 6.45) is 3.38. The van der Waals surface area contributed by atoms with Crippen LogP contribution >= 0.6 is 0 Å². The molecular formula is C21H36U2-2. The fourth-order valence-corrected chi connectivity index (χ4v) is 3.15. The second-order valence-electron chi connectivity index (χ2n) is 7.62. The van der Waals surface area contributed by atoms with Gasteiger partial charge in [-0.05, 0) is 8.29 Å². The maximum atomic E-state index is 7.95. The number of rotatable bonds is 0. The van der Waals surface area contributed by atoms with Crippen LogP contribution in [0.25, 0.3) is 0 Å². The number of hydrogen-bond acceptors (Lipinski definition) is 0. The summed E-state index contributed by atoms with van der Waals surface area (Å²) in [6.45, 7) is 19.4. The first kappa shape index (κ1) is 22.5. The van der Waals surface area contributed by atoms with Crippen LogP contribution in [0, 0.1) is 91.3 Å². The average molecular weight is 769 g/mol. The van der Waals surface area contributed by atoms with E-state index in [0.717, 1.165) is 6.42 Å². The van der Waals surface area contributed by atoms with Crippen LogP contribution in [-0.2, 0) is 0 Å². The van der Waals surface area contributed by atoms with Gasteiger partial charge in [-0.25, -0.2) is 17.1 Å². The van der Waals surface area contributed by atoms with Crippen LogP contribution in [0.5, 0.6) is 0 Å². The van der Waals surface area contributed by atoms with E-state index in [-0.39, 0.29) is 80.4 Å². The molecule has 0 aromatic rings. The molecule has 0 radical (unpaired) electrons. The largest absolute Gasteiger partial charge is 0.307 e. The minimum absolute atomic E-state index is 0. The first-order valence-electron chi connectivity index (χ1n) is 9.44. The first-order chi connectivity index (χ1) is 10.4. The van der Waals surface area contributed by atoms with E-state index in [4.69, 9.17) is 2.74 Å². The molecule has 0 amide bonds. The molecule has 2 rings (SSSR count). The van der Waals surface area contributed by atoms with E-state index < -0.39 is 0 Å². The van der Waals surface area contributed by atoms with Gasteiger partial charge in [-0.3, -0.25) is 0 Å². The molecule has 0 aromatic heterocycles. The molecular weight excluding hydrogens is 728 g/mol. The molecule has 0 nitrogen and oxygen atoms in total. The zero-order valence-electron chi connectivity index (χ0n) is 18.6. The van der Waals surface area contributed by atoms with Crippen molar-refractivity contribution in [3.05, 3.63) is 34.6 Å². The Labute approximate surface area is 196 Å². The van der Waals surface area contributed by atoms with Crippen molar-refractivity contribution < 1.29 is 65.0 Å². The van der Waals surface area contributed by atoms with E-state index in [2.05, 4.69) is 68.4 Å². The zero-order chi connectivity index (χ0) is 18.1. The van der Waals surface area contributed by atoms with Crippen molar-refractivity contribution in [1.82, 2.24) is 0 Å². The van der Waals surface area contributed by atoms with E-state index in [1.54, 1.807) is 0 Å². The topological polar surface area (TPSA) is 0 Å². The van der Waals surface area contributed by atoms with Gasteiger partial charge in [0.05, 0.1) is 0 Å². The van der Waals surface area contributed by atoms with Crippen molar-refractivity contribution in [2.45, 2.75) is 81.5 Å². The van der Waals surface area contributed by atoms with Gasteiger partial charge in [0.15, 0.2) is 0 Å². The van der Waals surface area contributed by atoms with Crippen molar-refractivity contribution >= 4 is 0 Å². The van der Waals surface area contributed by atoms with Crippen LogP contribution in [0.15, 0.2) is 22.8 Å². The molecule has 0 saturated heterocycles. The van der Waals surface area contributed by atoms with Crippen LogP contribution in [0.2, 0.25) is 0 Å². The number of allylic oxidation sites excluding steroid dienone is 4. The van der Waals surface area contributed by atoms with Crippen molar-refractivity contribution in [2.75, 3.05) is 0 Å². The van der Waals surface area contributed by atoms with Crippen LogP contribution in [0.3, 0.4) is 0 Å². The first-order valence-corrected chi connectivity index (χ1v) is 8.28. The van der Waals surface area contributed by atoms with Gasteiger partial charge < -0.3 is 5.92 Å². The minimum Gasteiger partial charge on any atom is -0.307 e. The molecule has 4 unspecified atom stereocenters. The molecule has 0 spiro atoms. The Bertz CT molecular complexity index is 482. The zero-order valence-corrected chi connectivity index (χ0v) is 24.9. The second kappa shape index (κ2) is 11.2. The summed E-state index contributed by atoms with van der Waals surface area (Å²) in [4.78, 5) is 0. The third-order valence-corrected chi connectivity index (χ3v) is 5.39. The Hall–Kier alpha value is 1.45. The third kappa shape index (κ3) is 7.70. The summed E-state index contributed by atoms with van der Waals surface area (Å²) < 4.78 is 15.8. The summed E-state index contributed by atoms with van der Waals surface area (Å²) >= 11 is 0. The normalized spacial score (nSPS) is 34.8. The van der Waals surface area contributed by atoms with E-state index in [1.165, 1.54) is 28.6 Å². The van der Waals surface area contributed by atoms with Crippen LogP contribution < -0.4 is 0 Å². The maximum Gasteiger partial charge on any atom is 0.0117 e. The predicted octanol–water partition coefficient (Wildman–Crippen LogP) is 6.94. The molecule has 0 heterocycles. The summed E-state index contributed by atoms with van der Waals surface area (Å²) in [7, 11) is 0. The predicted molar refractivity (Wildman–Crippen MR) is 95.9 cm³/mol. The fourth-order valence-electron chi connectivity index (χ4n) is 3.15. The van der Waals surface area contributed by atoms with Gasteiger partial charge in [0, 0.05) is 63.6 Å². The average Bonchev–Trinajstić information content (AvgIpc) is 2.48. The standard InChI is InChI=1S/C11H19.C10H17.2U/c1-8-6-9(2)11(4,5)10(3)7-8;1-7-5-8(2)10(4)9(3)6-7;;/h6,8H,7H2,1-5H3;7H,5-6H2,1-4H3;;/q2*-1;;/i7T;5T;;. The van der Waals surface area contributed by atoms with Gasteiger partial charge in [-0.2, -0.15) is 13.3 Å². The van der Waals surface area contributed by atoms with Gasteiger partial charge in [0.2, 0.25) is 0 Å². The van der Waals surface area contributed by atoms with Crippen molar-refractivity contribution in [3.63, 3.8) is 0 Å². The SMILES string of the molecule is [3H]C1[C-](C)C(C)(C)C(C)=CC1C.[3H]C1[C-](C)C(C)=C(C)CC1C.[U].[U]. The Morgan fingerprint density at radius 2 is 1.61 bits per heavy atom. The quantitative estimate of drug-likeness (QED) is 0.185. The van der Waals surface area contributed by atoms with Gasteiger partial charge in [0.25, 0.3) is 0 Å². The molecule has 0 aromatic carbocycles. The summed E-state index contributed by atoms with van der Waals surface area (Å²) in [5.74, 6) is 3.47. The van der Waals surface area contributed by atoms with E-state index >= 15 is 0 Å². The van der Waals surface area contributed by atoms with Crippen LogP contribution in [0.1, 0.15) is 84.3 Å². The van der Waals surface area contributed by atoms with Crippen LogP contribution in [-0.4, -0.2) is 0 Å². The number of hydrogen-bond donors (Lipinski definition) is 0. The van der Waals surface area contributed by atoms with Gasteiger partial charge in [-0.1, -0.05) is 65.3 Å². The second-order valence-corrected chi connectivity index (χ2v) is 7.62. The van der Waals surface area contributed by atoms with Crippen molar-refractivity contribution in [3.8, 4) is 0 Å². The van der Waals surface area contributed by atoms with Gasteiger partial charge in [0.1, 0.15) is 0 Å². The minimum atomic E-state index is -0.0105. The molecule has 4 atom stereocenters. The molecule has 0 N–H and O–H groups in total. The van der Waals surface area contributed by atoms with Gasteiger partial charge in [-0.15, -0.1) is 24.8 Å². The van der Waals surface area contributed by atoms with Crippen molar-refractivity contribution in [2.24, 2.45) is 17.3 Å². The molecule has 0 aliphatic heterocycles. The molecule has 2 aliphatic carbocycles. The third-order valence-electron chi connectivity index (χ3n) is 5.39. The van der Waals surface area contributed by atoms with Crippen LogP contribution in [0.4, 0.5) is 0 Å². The molecule has 2 heteroatoms. The van der Waals surface area contributed by atoms with E-state index in [0.29, 0.717) is 11.8 Å². The Morgan fingerprint density at radius 1 is 1.09 bits per heavy atom. The maximum absolute atomic E-state index is 7.95. The Morgan fingerprint density at radius 3 is 2.13 bits per heavy atom. The van der Waals surface area contributed by atoms with Crippen molar-refractivity contribution in [1.29, 1.82) is 0 Å². The monoisotopic (exact) mass is 768 g/mol. The molecule has 0 saturated carbocycles. The fraction of sp³-hybridized carbons (Fsp3) is 0.714. The summed E-state index contributed by atoms with van der Waals surface area (Å²) in [5, 5.41) is 0.